The molecule has 0 saturated carbocycles. The van der Waals surface area contributed by atoms with E-state index in [9.17, 15) is 0 Å². The fourth-order valence-electron chi connectivity index (χ4n) is 2.04. The highest BCUT2D eigenvalue weighted by Gasteiger charge is 2.08. The number of hydrogen-bond donors (Lipinski definition) is 2. The molecule has 0 bridgehead atoms. The summed E-state index contributed by atoms with van der Waals surface area (Å²) >= 11 is 12.3. The number of para-hydroxylation sites is 1. The number of rotatable bonds is 5. The van der Waals surface area contributed by atoms with Gasteiger partial charge in [-0.1, -0.05) is 29.3 Å². The number of nitrogens with zero attached hydrogens (tertiary/aromatic N) is 2. The third-order valence-corrected chi connectivity index (χ3v) is 3.70. The van der Waals surface area contributed by atoms with Crippen LogP contribution in [0.3, 0.4) is 0 Å². The summed E-state index contributed by atoms with van der Waals surface area (Å²) in [5.74, 6) is 1.90. The van der Waals surface area contributed by atoms with E-state index in [4.69, 9.17) is 27.6 Å². The highest BCUT2D eigenvalue weighted by molar-refractivity contribution is 6.39. The smallest absolute Gasteiger partial charge is 0.225 e. The van der Waals surface area contributed by atoms with Gasteiger partial charge in [0.1, 0.15) is 11.6 Å². The van der Waals surface area contributed by atoms with Crippen molar-refractivity contribution in [1.29, 1.82) is 0 Å². The molecule has 0 aliphatic carbocycles. The average Bonchev–Trinajstić information content (AvgIpc) is 3.02. The summed E-state index contributed by atoms with van der Waals surface area (Å²) < 4.78 is 5.27. The molecule has 2 aromatic heterocycles. The molecule has 0 aliphatic rings. The van der Waals surface area contributed by atoms with Gasteiger partial charge in [0.15, 0.2) is 0 Å². The van der Waals surface area contributed by atoms with Crippen molar-refractivity contribution in [1.82, 2.24) is 9.97 Å². The molecule has 7 heteroatoms. The van der Waals surface area contributed by atoms with Crippen LogP contribution in [0.4, 0.5) is 17.5 Å². The summed E-state index contributed by atoms with van der Waals surface area (Å²) in [6, 6.07) is 10.8. The van der Waals surface area contributed by atoms with E-state index in [0.29, 0.717) is 34.0 Å². The third-order valence-electron chi connectivity index (χ3n) is 3.07. The topological polar surface area (TPSA) is 63.0 Å². The van der Waals surface area contributed by atoms with Crippen molar-refractivity contribution in [2.24, 2.45) is 0 Å². The van der Waals surface area contributed by atoms with Crippen LogP contribution in [0.5, 0.6) is 0 Å². The van der Waals surface area contributed by atoms with Crippen LogP contribution in [0, 0.1) is 6.92 Å². The van der Waals surface area contributed by atoms with E-state index >= 15 is 0 Å². The van der Waals surface area contributed by atoms with E-state index in [1.807, 2.05) is 25.1 Å². The van der Waals surface area contributed by atoms with Crippen molar-refractivity contribution >= 4 is 40.7 Å². The van der Waals surface area contributed by atoms with Crippen molar-refractivity contribution in [2.75, 3.05) is 10.6 Å². The molecule has 5 nitrogen and oxygen atoms in total. The number of hydrogen-bond acceptors (Lipinski definition) is 5. The van der Waals surface area contributed by atoms with Gasteiger partial charge in [0.2, 0.25) is 5.95 Å². The van der Waals surface area contributed by atoms with Crippen molar-refractivity contribution in [3.8, 4) is 0 Å². The van der Waals surface area contributed by atoms with Crippen molar-refractivity contribution in [3.05, 3.63) is 64.2 Å². The molecular weight excluding hydrogens is 335 g/mol. The lowest BCUT2D eigenvalue weighted by Gasteiger charge is -2.11. The lowest BCUT2D eigenvalue weighted by Crippen LogP contribution is -2.06. The van der Waals surface area contributed by atoms with Gasteiger partial charge in [-0.2, -0.15) is 4.98 Å². The first-order chi connectivity index (χ1) is 11.1. The van der Waals surface area contributed by atoms with Crippen molar-refractivity contribution < 1.29 is 4.42 Å². The maximum Gasteiger partial charge on any atom is 0.225 e. The minimum atomic E-state index is 0.493. The van der Waals surface area contributed by atoms with E-state index in [0.717, 1.165) is 11.5 Å². The van der Waals surface area contributed by atoms with Crippen LogP contribution in [-0.2, 0) is 6.54 Å². The number of nitrogens with one attached hydrogen (secondary N) is 2. The first-order valence-electron chi connectivity index (χ1n) is 6.95. The second-order valence-electron chi connectivity index (χ2n) is 4.87. The zero-order chi connectivity index (χ0) is 16.2. The molecule has 0 atom stereocenters. The molecule has 23 heavy (non-hydrogen) atoms. The van der Waals surface area contributed by atoms with Gasteiger partial charge in [-0.25, -0.2) is 4.98 Å². The van der Waals surface area contributed by atoms with E-state index in [1.165, 1.54) is 0 Å². The lowest BCUT2D eigenvalue weighted by atomic mass is 10.3. The highest BCUT2D eigenvalue weighted by atomic mass is 35.5. The summed E-state index contributed by atoms with van der Waals surface area (Å²) in [5.41, 5.74) is 1.43. The molecule has 0 unspecified atom stereocenters. The summed E-state index contributed by atoms with van der Waals surface area (Å²) in [6.07, 6.45) is 1.63. The Morgan fingerprint density at radius 3 is 2.57 bits per heavy atom. The normalized spacial score (nSPS) is 10.6. The maximum absolute atomic E-state index is 6.17. The Balaban J connectivity index is 1.80. The van der Waals surface area contributed by atoms with E-state index in [-0.39, 0.29) is 0 Å². The van der Waals surface area contributed by atoms with Gasteiger partial charge in [-0.05, 0) is 31.2 Å². The largest absolute Gasteiger partial charge is 0.467 e. The molecule has 3 aromatic rings. The first-order valence-corrected chi connectivity index (χ1v) is 7.70. The molecule has 118 valence electrons. The Labute approximate surface area is 143 Å². The lowest BCUT2D eigenvalue weighted by molar-refractivity contribution is 0.517. The zero-order valence-electron chi connectivity index (χ0n) is 12.3. The Morgan fingerprint density at radius 2 is 1.87 bits per heavy atom. The van der Waals surface area contributed by atoms with Crippen LogP contribution in [0.15, 0.2) is 47.1 Å². The molecule has 0 radical (unpaired) electrons. The van der Waals surface area contributed by atoms with Gasteiger partial charge < -0.3 is 15.1 Å². The second kappa shape index (κ2) is 6.89. The second-order valence-corrected chi connectivity index (χ2v) is 5.69. The van der Waals surface area contributed by atoms with Gasteiger partial charge in [0.05, 0.1) is 28.5 Å². The number of anilines is 3. The van der Waals surface area contributed by atoms with Crippen LogP contribution in [0.2, 0.25) is 10.0 Å². The summed E-state index contributed by atoms with van der Waals surface area (Å²) in [4.78, 5) is 8.77. The monoisotopic (exact) mass is 348 g/mol. The van der Waals surface area contributed by atoms with Crippen LogP contribution in [0.1, 0.15) is 11.5 Å². The molecule has 2 N–H and O–H groups in total. The van der Waals surface area contributed by atoms with Gasteiger partial charge in [0, 0.05) is 11.8 Å². The summed E-state index contributed by atoms with van der Waals surface area (Å²) in [5, 5.41) is 7.31. The Bertz CT molecular complexity index is 786. The zero-order valence-corrected chi connectivity index (χ0v) is 13.8. The average molecular weight is 349 g/mol. The number of furan rings is 1. The van der Waals surface area contributed by atoms with Gasteiger partial charge in [0.25, 0.3) is 0 Å². The number of halogens is 2. The van der Waals surface area contributed by atoms with Crippen molar-refractivity contribution in [3.63, 3.8) is 0 Å². The molecule has 0 saturated heterocycles. The van der Waals surface area contributed by atoms with Crippen LogP contribution < -0.4 is 10.6 Å². The van der Waals surface area contributed by atoms with Gasteiger partial charge >= 0.3 is 0 Å². The van der Waals surface area contributed by atoms with Crippen LogP contribution in [-0.4, -0.2) is 9.97 Å². The molecule has 0 amide bonds. The maximum atomic E-state index is 6.17. The number of aryl methyl sites for hydroxylation is 1. The highest BCUT2D eigenvalue weighted by Crippen LogP contribution is 2.32. The SMILES string of the molecule is Cc1cc(Nc2c(Cl)cccc2Cl)nc(NCc2ccco2)n1. The molecule has 3 rings (SSSR count). The molecule has 2 heterocycles. The number of benzene rings is 1. The Kier molecular flexibility index (Phi) is 4.69. The van der Waals surface area contributed by atoms with Gasteiger partial charge in [-0.3, -0.25) is 0 Å². The quantitative estimate of drug-likeness (QED) is 0.676. The van der Waals surface area contributed by atoms with Gasteiger partial charge in [-0.15, -0.1) is 0 Å². The standard InChI is InChI=1S/C16H14Cl2N4O/c1-10-8-14(21-15-12(17)5-2-6-13(15)18)22-16(20-10)19-9-11-4-3-7-23-11/h2-8H,9H2,1H3,(H2,19,20,21,22). The fourth-order valence-corrected chi connectivity index (χ4v) is 2.53. The minimum Gasteiger partial charge on any atom is -0.467 e. The third kappa shape index (κ3) is 3.94. The van der Waals surface area contributed by atoms with E-state index in [1.54, 1.807) is 24.5 Å². The Morgan fingerprint density at radius 1 is 1.09 bits per heavy atom. The fraction of sp³-hybridized carbons (Fsp3) is 0.125. The summed E-state index contributed by atoms with van der Waals surface area (Å²) in [7, 11) is 0. The first kappa shape index (κ1) is 15.6. The molecule has 0 aliphatic heterocycles. The molecular formula is C16H14Cl2N4O. The predicted octanol–water partition coefficient (Wildman–Crippen LogP) is 5.04. The number of aromatic nitrogens is 2. The van der Waals surface area contributed by atoms with E-state index < -0.39 is 0 Å². The minimum absolute atomic E-state index is 0.493. The molecule has 0 fully saturated rings. The predicted molar refractivity (Wildman–Crippen MR) is 92.5 cm³/mol. The summed E-state index contributed by atoms with van der Waals surface area (Å²) in [6.45, 7) is 2.39. The van der Waals surface area contributed by atoms with Crippen LogP contribution in [0.25, 0.3) is 0 Å². The molecule has 0 spiro atoms. The Hall–Kier alpha value is -2.24. The molecule has 1 aromatic carbocycles. The van der Waals surface area contributed by atoms with Crippen LogP contribution >= 0.6 is 23.2 Å². The van der Waals surface area contributed by atoms with E-state index in [2.05, 4.69) is 20.6 Å². The van der Waals surface area contributed by atoms with Crippen molar-refractivity contribution in [2.45, 2.75) is 13.5 Å².